The topological polar surface area (TPSA) is 209 Å². The molecule has 2 N–H and O–H groups in total. The summed E-state index contributed by atoms with van der Waals surface area (Å²) in [6, 6.07) is 30.0. The van der Waals surface area contributed by atoms with Gasteiger partial charge in [-0.15, -0.1) is 6.58 Å². The van der Waals surface area contributed by atoms with E-state index in [1.165, 1.54) is 36.4 Å². The summed E-state index contributed by atoms with van der Waals surface area (Å²) in [5, 5.41) is 50.1. The molecule has 17 heteroatoms. The molecule has 0 radical (unpaired) electrons. The van der Waals surface area contributed by atoms with Gasteiger partial charge < -0.3 is 34.0 Å². The Morgan fingerprint density at radius 2 is 1.58 bits per heavy atom. The van der Waals surface area contributed by atoms with Gasteiger partial charge in [0.1, 0.15) is 36.5 Å². The lowest BCUT2D eigenvalue weighted by Crippen LogP contribution is -2.70. The van der Waals surface area contributed by atoms with E-state index >= 15 is 4.79 Å². The Morgan fingerprint density at radius 1 is 0.877 bits per heavy atom. The number of nitrogens with zero attached hydrogens (tertiary/aromatic N) is 5. The highest BCUT2D eigenvalue weighted by Gasteiger charge is 2.66. The van der Waals surface area contributed by atoms with E-state index < -0.39 is 33.7 Å². The minimum Gasteiger partial charge on any atom is -0.492 e. The number of benzene rings is 5. The Kier molecular flexibility index (Phi) is 16.1. The smallest absolute Gasteiger partial charge is 0.416 e. The van der Waals surface area contributed by atoms with E-state index in [1.54, 1.807) is 23.1 Å². The number of hydrogen-bond acceptors (Lipinski definition) is 14. The average Bonchev–Trinajstić information content (AvgIpc) is 4.23. The van der Waals surface area contributed by atoms with E-state index in [1.807, 2.05) is 54.6 Å². The normalized spacial score (nSPS) is 22.3. The van der Waals surface area contributed by atoms with Crippen molar-refractivity contribution < 1.29 is 48.6 Å². The fourth-order valence-electron chi connectivity index (χ4n) is 10.9. The molecular formula is C56H61N5O12. The Labute approximate surface area is 423 Å². The molecule has 73 heavy (non-hydrogen) atoms. The summed E-state index contributed by atoms with van der Waals surface area (Å²) < 4.78 is 27.3. The predicted molar refractivity (Wildman–Crippen MR) is 273 cm³/mol. The average molecular weight is 996 g/mol. The largest absolute Gasteiger partial charge is 0.492 e. The SMILES string of the molecule is C=CCO[C@@]12Oc3ccc(OCCN4CC4)cc3[C@H]3[C@H](CCCCO)[C@@H](CCCCO)C=C(C(=NOCc4ccc([N+](=O)[O-])cc4)C[C@@H]1N(Cc1cccc4ccccc14)C(=O)Oc1ccc([N+](=O)[O-])cc1)[C@H]32. The number of non-ortho nitro benzene ring substituents is 2. The molecule has 0 aromatic heterocycles. The third-order valence-electron chi connectivity index (χ3n) is 14.5. The fraction of sp³-hybridized carbons (Fsp3) is 0.393. The molecule has 2 aliphatic heterocycles. The van der Waals surface area contributed by atoms with Crippen LogP contribution < -0.4 is 14.2 Å². The van der Waals surface area contributed by atoms with Crippen molar-refractivity contribution in [1.29, 1.82) is 0 Å². The van der Waals surface area contributed by atoms with Crippen LogP contribution in [0.15, 0.2) is 139 Å². The van der Waals surface area contributed by atoms with Crippen LogP contribution in [0.25, 0.3) is 10.8 Å². The van der Waals surface area contributed by atoms with Crippen molar-refractivity contribution >= 4 is 34.0 Å². The molecule has 1 saturated carbocycles. The van der Waals surface area contributed by atoms with Gasteiger partial charge in [-0.3, -0.25) is 30.0 Å². The van der Waals surface area contributed by atoms with Crippen LogP contribution >= 0.6 is 0 Å². The van der Waals surface area contributed by atoms with Gasteiger partial charge in [0, 0.05) is 75.0 Å². The quantitative estimate of drug-likeness (QED) is 0.0194. The van der Waals surface area contributed by atoms with Crippen molar-refractivity contribution in [1.82, 2.24) is 9.80 Å². The molecule has 1 saturated heterocycles. The van der Waals surface area contributed by atoms with Crippen molar-refractivity contribution in [2.75, 3.05) is 46.1 Å². The zero-order valence-corrected chi connectivity index (χ0v) is 40.7. The molecule has 1 amide bonds. The van der Waals surface area contributed by atoms with Crippen LogP contribution in [0, 0.1) is 38.0 Å². The lowest BCUT2D eigenvalue weighted by atomic mass is 9.55. The highest BCUT2D eigenvalue weighted by atomic mass is 16.7. The summed E-state index contributed by atoms with van der Waals surface area (Å²) in [6.07, 6.45) is 7.31. The maximum absolute atomic E-state index is 15.4. The summed E-state index contributed by atoms with van der Waals surface area (Å²) in [6.45, 7) is 7.54. The molecule has 5 aromatic carbocycles. The van der Waals surface area contributed by atoms with Gasteiger partial charge in [-0.1, -0.05) is 72.6 Å². The summed E-state index contributed by atoms with van der Waals surface area (Å²) >= 11 is 0. The zero-order valence-electron chi connectivity index (χ0n) is 40.7. The summed E-state index contributed by atoms with van der Waals surface area (Å²) in [5.74, 6) is -1.39. The number of fused-ring (bicyclic) bond motifs is 3. The molecule has 2 heterocycles. The lowest BCUT2D eigenvalue weighted by molar-refractivity contribution is -0.385. The standard InChI is InChI=1S/C56H61N5O12/c1-2-31-70-56-52(59(36-41-13-9-12-39-10-3-4-14-46(39)41)55(64)72-44-22-20-43(21-23-44)61(67)68)35-50(57-71-37-38-16-18-42(19-17-38)60(65)66)48-33-40(11-5-7-29-62)47(15-6-8-30-63)53(54(48)56)49-34-45(24-25-51(49)73-56)69-32-28-58-26-27-58/h2-4,9-10,12-14,16-25,33-34,40,47,52-54,62-63H,1,5-8,11,15,26-32,35-37H2/t40-,47+,52-,53+,54+,56+/m0/s1. The number of amides is 1. The summed E-state index contributed by atoms with van der Waals surface area (Å²) in [5.41, 5.74) is 3.48. The second-order valence-corrected chi connectivity index (χ2v) is 19.0. The summed E-state index contributed by atoms with van der Waals surface area (Å²) in [7, 11) is 0. The first kappa shape index (κ1) is 50.7. The van der Waals surface area contributed by atoms with Gasteiger partial charge in [0.05, 0.1) is 34.6 Å². The molecule has 382 valence electrons. The van der Waals surface area contributed by atoms with E-state index in [0.29, 0.717) is 42.2 Å². The third-order valence-corrected chi connectivity index (χ3v) is 14.5. The molecule has 17 nitrogen and oxygen atoms in total. The molecule has 0 unspecified atom stereocenters. The number of ether oxygens (including phenoxy) is 4. The molecule has 2 fully saturated rings. The van der Waals surface area contributed by atoms with Gasteiger partial charge >= 0.3 is 6.09 Å². The number of aliphatic hydroxyl groups is 2. The number of carbonyl (C=O) groups excluding carboxylic acids is 1. The van der Waals surface area contributed by atoms with Crippen LogP contribution in [0.2, 0.25) is 0 Å². The van der Waals surface area contributed by atoms with Crippen LogP contribution in [-0.2, 0) is 22.7 Å². The van der Waals surface area contributed by atoms with E-state index in [2.05, 4.69) is 23.6 Å². The highest BCUT2D eigenvalue weighted by Crippen LogP contribution is 2.62. The number of aliphatic hydroxyl groups excluding tert-OH is 2. The van der Waals surface area contributed by atoms with Gasteiger partial charge in [-0.25, -0.2) is 4.79 Å². The van der Waals surface area contributed by atoms with Crippen molar-refractivity contribution in [3.63, 3.8) is 0 Å². The number of nitro benzene ring substituents is 2. The number of carbonyl (C=O) groups is 1. The second kappa shape index (κ2) is 23.1. The second-order valence-electron chi connectivity index (χ2n) is 19.0. The summed E-state index contributed by atoms with van der Waals surface area (Å²) in [4.78, 5) is 47.7. The number of nitro groups is 2. The van der Waals surface area contributed by atoms with E-state index in [4.69, 9.17) is 28.9 Å². The van der Waals surface area contributed by atoms with Crippen LogP contribution in [0.5, 0.6) is 17.2 Å². The molecule has 5 aromatic rings. The first-order valence-corrected chi connectivity index (χ1v) is 25.1. The molecule has 2 aliphatic carbocycles. The van der Waals surface area contributed by atoms with Crippen molar-refractivity contribution in [3.05, 3.63) is 170 Å². The van der Waals surface area contributed by atoms with Crippen LogP contribution in [0.1, 0.15) is 67.6 Å². The predicted octanol–water partition coefficient (Wildman–Crippen LogP) is 9.89. The number of rotatable bonds is 24. The van der Waals surface area contributed by atoms with E-state index in [9.17, 15) is 30.4 Å². The Morgan fingerprint density at radius 3 is 2.29 bits per heavy atom. The lowest BCUT2D eigenvalue weighted by Gasteiger charge is -2.59. The van der Waals surface area contributed by atoms with Crippen molar-refractivity contribution in [3.8, 4) is 17.2 Å². The van der Waals surface area contributed by atoms with Gasteiger partial charge in [0.2, 0.25) is 5.79 Å². The first-order valence-electron chi connectivity index (χ1n) is 25.1. The van der Waals surface area contributed by atoms with Crippen molar-refractivity contribution in [2.24, 2.45) is 22.9 Å². The van der Waals surface area contributed by atoms with Gasteiger partial charge in [-0.05, 0) is 107 Å². The minimum atomic E-state index is -1.64. The molecule has 6 atom stereocenters. The van der Waals surface area contributed by atoms with Gasteiger partial charge in [0.25, 0.3) is 11.4 Å². The zero-order chi connectivity index (χ0) is 50.9. The van der Waals surface area contributed by atoms with Crippen molar-refractivity contribution in [2.45, 2.75) is 75.8 Å². The van der Waals surface area contributed by atoms with Gasteiger partial charge in [-0.2, -0.15) is 0 Å². The Hall–Kier alpha value is -7.18. The molecule has 0 bridgehead atoms. The molecular weight excluding hydrogens is 935 g/mol. The highest BCUT2D eigenvalue weighted by molar-refractivity contribution is 6.03. The number of allylic oxidation sites excluding steroid dienone is 1. The van der Waals surface area contributed by atoms with Gasteiger partial charge in [0.15, 0.2) is 0 Å². The number of hydrogen-bond donors (Lipinski definition) is 2. The van der Waals surface area contributed by atoms with E-state index in [-0.39, 0.29) is 74.3 Å². The Balaban J connectivity index is 1.24. The number of unbranched alkanes of at least 4 members (excludes halogenated alkanes) is 2. The maximum Gasteiger partial charge on any atom is 0.416 e. The maximum atomic E-state index is 15.4. The van der Waals surface area contributed by atoms with Crippen LogP contribution in [0.4, 0.5) is 16.2 Å². The van der Waals surface area contributed by atoms with Crippen LogP contribution in [-0.4, -0.2) is 99.6 Å². The monoisotopic (exact) mass is 995 g/mol. The molecule has 0 spiro atoms. The first-order chi connectivity index (χ1) is 35.6. The van der Waals surface area contributed by atoms with E-state index in [0.717, 1.165) is 72.8 Å². The fourth-order valence-corrected chi connectivity index (χ4v) is 10.9. The third kappa shape index (κ3) is 11.4. The Bertz CT molecular complexity index is 2830. The minimum absolute atomic E-state index is 0.00806. The number of oxime groups is 1. The van der Waals surface area contributed by atoms with Crippen LogP contribution in [0.3, 0.4) is 0 Å². The molecule has 4 aliphatic rings. The molecule has 9 rings (SSSR count).